The van der Waals surface area contributed by atoms with Crippen LogP contribution in [0.15, 0.2) is 0 Å². The second-order valence-electron chi connectivity index (χ2n) is 6.51. The fourth-order valence-corrected chi connectivity index (χ4v) is 3.04. The molecule has 0 aromatic carbocycles. The SMILES string of the molecule is COC(=O)CCN1CCN(CC2CCC(C)(C)O2)CC1. The van der Waals surface area contributed by atoms with E-state index in [1.807, 2.05) is 0 Å². The van der Waals surface area contributed by atoms with Gasteiger partial charge in [-0.15, -0.1) is 0 Å². The minimum atomic E-state index is -0.117. The van der Waals surface area contributed by atoms with Gasteiger partial charge in [-0.2, -0.15) is 0 Å². The number of nitrogens with zero attached hydrogens (tertiary/aromatic N) is 2. The Morgan fingerprint density at radius 1 is 1.25 bits per heavy atom. The van der Waals surface area contributed by atoms with E-state index in [4.69, 9.17) is 4.74 Å². The second-order valence-corrected chi connectivity index (χ2v) is 6.51. The summed E-state index contributed by atoms with van der Waals surface area (Å²) in [6, 6.07) is 0. The molecule has 1 unspecified atom stereocenters. The van der Waals surface area contributed by atoms with Gasteiger partial charge in [-0.05, 0) is 26.7 Å². The number of methoxy groups -OCH3 is 1. The van der Waals surface area contributed by atoms with E-state index in [9.17, 15) is 4.79 Å². The van der Waals surface area contributed by atoms with Crippen molar-refractivity contribution in [2.75, 3.05) is 46.4 Å². The zero-order valence-electron chi connectivity index (χ0n) is 13.1. The lowest BCUT2D eigenvalue weighted by Crippen LogP contribution is -2.49. The van der Waals surface area contributed by atoms with Crippen LogP contribution in [0.5, 0.6) is 0 Å². The van der Waals surface area contributed by atoms with E-state index in [1.165, 1.54) is 13.5 Å². The van der Waals surface area contributed by atoms with Gasteiger partial charge in [0.15, 0.2) is 0 Å². The van der Waals surface area contributed by atoms with E-state index in [1.54, 1.807) is 0 Å². The molecule has 0 bridgehead atoms. The highest BCUT2D eigenvalue weighted by Gasteiger charge is 2.33. The average Bonchev–Trinajstić information content (AvgIpc) is 2.76. The third-order valence-electron chi connectivity index (χ3n) is 4.34. The molecule has 0 saturated carbocycles. The molecule has 0 spiro atoms. The molecule has 1 atom stereocenters. The third-order valence-corrected chi connectivity index (χ3v) is 4.34. The van der Waals surface area contributed by atoms with Crippen molar-refractivity contribution in [2.45, 2.75) is 44.8 Å². The van der Waals surface area contributed by atoms with Gasteiger partial charge in [-0.1, -0.05) is 0 Å². The Hall–Kier alpha value is -0.650. The van der Waals surface area contributed by atoms with Crippen molar-refractivity contribution in [3.8, 4) is 0 Å². The molecule has 2 aliphatic rings. The van der Waals surface area contributed by atoms with Crippen molar-refractivity contribution in [3.05, 3.63) is 0 Å². The molecule has 2 aliphatic heterocycles. The molecule has 2 saturated heterocycles. The van der Waals surface area contributed by atoms with Gasteiger partial charge in [0, 0.05) is 39.3 Å². The van der Waals surface area contributed by atoms with Crippen molar-refractivity contribution in [1.82, 2.24) is 9.80 Å². The maximum atomic E-state index is 11.1. The number of hydrogen-bond acceptors (Lipinski definition) is 5. The lowest BCUT2D eigenvalue weighted by atomic mass is 10.1. The van der Waals surface area contributed by atoms with Crippen LogP contribution in [0.2, 0.25) is 0 Å². The van der Waals surface area contributed by atoms with E-state index in [2.05, 4.69) is 28.4 Å². The van der Waals surface area contributed by atoms with E-state index in [-0.39, 0.29) is 11.6 Å². The van der Waals surface area contributed by atoms with Crippen molar-refractivity contribution < 1.29 is 14.3 Å². The summed E-state index contributed by atoms with van der Waals surface area (Å²) in [5, 5.41) is 0. The lowest BCUT2D eigenvalue weighted by molar-refractivity contribution is -0.141. The summed E-state index contributed by atoms with van der Waals surface area (Å²) in [7, 11) is 1.45. The third kappa shape index (κ3) is 4.72. The Bertz CT molecular complexity index is 325. The van der Waals surface area contributed by atoms with Crippen LogP contribution in [-0.2, 0) is 14.3 Å². The molecule has 0 aromatic rings. The summed E-state index contributed by atoms with van der Waals surface area (Å²) < 4.78 is 10.7. The monoisotopic (exact) mass is 284 g/mol. The largest absolute Gasteiger partial charge is 0.469 e. The van der Waals surface area contributed by atoms with Crippen LogP contribution in [0.25, 0.3) is 0 Å². The molecule has 0 aliphatic carbocycles. The highest BCUT2D eigenvalue weighted by Crippen LogP contribution is 2.29. The molecule has 5 heteroatoms. The summed E-state index contributed by atoms with van der Waals surface area (Å²) >= 11 is 0. The highest BCUT2D eigenvalue weighted by molar-refractivity contribution is 5.69. The van der Waals surface area contributed by atoms with Crippen molar-refractivity contribution in [1.29, 1.82) is 0 Å². The fourth-order valence-electron chi connectivity index (χ4n) is 3.04. The van der Waals surface area contributed by atoms with E-state index in [0.717, 1.165) is 45.7 Å². The minimum Gasteiger partial charge on any atom is -0.469 e. The van der Waals surface area contributed by atoms with Crippen LogP contribution in [0.1, 0.15) is 33.1 Å². The first-order valence-corrected chi connectivity index (χ1v) is 7.68. The molecule has 0 amide bonds. The average molecular weight is 284 g/mol. The number of rotatable bonds is 5. The molecule has 5 nitrogen and oxygen atoms in total. The summed E-state index contributed by atoms with van der Waals surface area (Å²) in [6.07, 6.45) is 3.23. The summed E-state index contributed by atoms with van der Waals surface area (Å²) in [4.78, 5) is 16.0. The van der Waals surface area contributed by atoms with E-state index in [0.29, 0.717) is 12.5 Å². The Morgan fingerprint density at radius 3 is 2.45 bits per heavy atom. The first kappa shape index (κ1) is 15.7. The van der Waals surface area contributed by atoms with Crippen molar-refractivity contribution in [3.63, 3.8) is 0 Å². The Morgan fingerprint density at radius 2 is 1.90 bits per heavy atom. The van der Waals surface area contributed by atoms with Crippen LogP contribution < -0.4 is 0 Å². The van der Waals surface area contributed by atoms with Gasteiger partial charge in [-0.3, -0.25) is 9.69 Å². The quantitative estimate of drug-likeness (QED) is 0.708. The second kappa shape index (κ2) is 6.87. The van der Waals surface area contributed by atoms with Crippen LogP contribution in [-0.4, -0.2) is 73.9 Å². The van der Waals surface area contributed by atoms with Gasteiger partial charge in [-0.25, -0.2) is 0 Å². The highest BCUT2D eigenvalue weighted by atomic mass is 16.5. The molecule has 20 heavy (non-hydrogen) atoms. The predicted molar refractivity (Wildman–Crippen MR) is 77.7 cm³/mol. The van der Waals surface area contributed by atoms with Gasteiger partial charge in [0.25, 0.3) is 0 Å². The maximum absolute atomic E-state index is 11.1. The molecule has 2 fully saturated rings. The topological polar surface area (TPSA) is 42.0 Å². The van der Waals surface area contributed by atoms with Crippen LogP contribution in [0.3, 0.4) is 0 Å². The van der Waals surface area contributed by atoms with Crippen LogP contribution >= 0.6 is 0 Å². The van der Waals surface area contributed by atoms with E-state index < -0.39 is 0 Å². The summed E-state index contributed by atoms with van der Waals surface area (Å²) in [5.74, 6) is -0.117. The van der Waals surface area contributed by atoms with Crippen LogP contribution in [0, 0.1) is 0 Å². The number of hydrogen-bond donors (Lipinski definition) is 0. The number of carbonyl (C=O) groups excluding carboxylic acids is 1. The maximum Gasteiger partial charge on any atom is 0.306 e. The molecule has 2 rings (SSSR count). The molecular weight excluding hydrogens is 256 g/mol. The van der Waals surface area contributed by atoms with Gasteiger partial charge < -0.3 is 14.4 Å². The molecular formula is C15H28N2O3. The predicted octanol–water partition coefficient (Wildman–Crippen LogP) is 1.12. The smallest absolute Gasteiger partial charge is 0.306 e. The summed E-state index contributed by atoms with van der Waals surface area (Å²) in [6.45, 7) is 10.4. The zero-order chi connectivity index (χ0) is 14.6. The van der Waals surface area contributed by atoms with Crippen molar-refractivity contribution >= 4 is 5.97 Å². The Labute approximate surface area is 122 Å². The summed E-state index contributed by atoms with van der Waals surface area (Å²) in [5.41, 5.74) is 0.0625. The molecule has 0 N–H and O–H groups in total. The first-order valence-electron chi connectivity index (χ1n) is 7.68. The van der Waals surface area contributed by atoms with Crippen LogP contribution in [0.4, 0.5) is 0 Å². The standard InChI is InChI=1S/C15H28N2O3/c1-15(2)6-4-13(20-15)12-17-10-8-16(9-11-17)7-5-14(18)19-3/h13H,4-12H2,1-3H3. The van der Waals surface area contributed by atoms with Crippen molar-refractivity contribution in [2.24, 2.45) is 0 Å². The molecule has 2 heterocycles. The first-order chi connectivity index (χ1) is 9.48. The zero-order valence-corrected chi connectivity index (χ0v) is 13.1. The number of piperazine rings is 1. The molecule has 0 radical (unpaired) electrons. The van der Waals surface area contributed by atoms with Gasteiger partial charge >= 0.3 is 5.97 Å². The number of ether oxygens (including phenoxy) is 2. The Kier molecular flexibility index (Phi) is 5.41. The van der Waals surface area contributed by atoms with Gasteiger partial charge in [0.1, 0.15) is 0 Å². The minimum absolute atomic E-state index is 0.0625. The number of carbonyl (C=O) groups is 1. The molecule has 116 valence electrons. The lowest BCUT2D eigenvalue weighted by Gasteiger charge is -2.35. The normalized spacial score (nSPS) is 27.6. The van der Waals surface area contributed by atoms with Gasteiger partial charge in [0.2, 0.25) is 0 Å². The Balaban J connectivity index is 1.63. The number of esters is 1. The van der Waals surface area contributed by atoms with Gasteiger partial charge in [0.05, 0.1) is 25.2 Å². The molecule has 0 aromatic heterocycles. The van der Waals surface area contributed by atoms with E-state index >= 15 is 0 Å². The fraction of sp³-hybridized carbons (Fsp3) is 0.933.